The standard InChI is InChI=1S/C11H30N4P/c1-11(2,3)15(10)16(12(4)5,13(6)7)14(8)9/h1-10H3/q+1. The van der Waals surface area contributed by atoms with Gasteiger partial charge in [-0.25, -0.2) is 0 Å². The van der Waals surface area contributed by atoms with E-state index in [0.29, 0.717) is 0 Å². The highest BCUT2D eigenvalue weighted by molar-refractivity contribution is 7.66. The zero-order valence-corrected chi connectivity index (χ0v) is 13.6. The van der Waals surface area contributed by atoms with Gasteiger partial charge in [-0.1, -0.05) is 0 Å². The van der Waals surface area contributed by atoms with Crippen molar-refractivity contribution in [3.05, 3.63) is 0 Å². The first kappa shape index (κ1) is 16.3. The van der Waals surface area contributed by atoms with Crippen molar-refractivity contribution in [1.29, 1.82) is 0 Å². The van der Waals surface area contributed by atoms with E-state index >= 15 is 0 Å². The summed E-state index contributed by atoms with van der Waals surface area (Å²) < 4.78 is 9.52. The fourth-order valence-electron chi connectivity index (χ4n) is 2.28. The lowest BCUT2D eigenvalue weighted by molar-refractivity contribution is 0.242. The van der Waals surface area contributed by atoms with E-state index in [1.54, 1.807) is 0 Å². The molecule has 0 amide bonds. The lowest BCUT2D eigenvalue weighted by Crippen LogP contribution is -2.51. The minimum Gasteiger partial charge on any atom is -0.139 e. The molecule has 16 heavy (non-hydrogen) atoms. The quantitative estimate of drug-likeness (QED) is 0.707. The molecule has 0 aliphatic carbocycles. The van der Waals surface area contributed by atoms with Crippen molar-refractivity contribution in [1.82, 2.24) is 18.7 Å². The molecule has 0 saturated heterocycles. The lowest BCUT2D eigenvalue weighted by atomic mass is 10.1. The summed E-state index contributed by atoms with van der Waals surface area (Å²) in [4.78, 5) is 0. The molecule has 0 rings (SSSR count). The van der Waals surface area contributed by atoms with Crippen molar-refractivity contribution >= 4 is 7.87 Å². The molecule has 0 radical (unpaired) electrons. The van der Waals surface area contributed by atoms with E-state index in [-0.39, 0.29) is 5.54 Å². The number of hydrogen-bond donors (Lipinski definition) is 0. The van der Waals surface area contributed by atoms with E-state index in [9.17, 15) is 0 Å². The largest absolute Gasteiger partial charge is 0.307 e. The van der Waals surface area contributed by atoms with E-state index < -0.39 is 7.87 Å². The van der Waals surface area contributed by atoms with Gasteiger partial charge in [0.2, 0.25) is 0 Å². The van der Waals surface area contributed by atoms with Crippen LogP contribution in [0.5, 0.6) is 0 Å². The molecular weight excluding hydrogens is 219 g/mol. The fourth-order valence-corrected chi connectivity index (χ4v) is 6.84. The maximum atomic E-state index is 2.49. The van der Waals surface area contributed by atoms with Crippen LogP contribution in [0.25, 0.3) is 0 Å². The first-order valence-electron chi connectivity index (χ1n) is 5.65. The third kappa shape index (κ3) is 2.74. The Morgan fingerprint density at radius 2 is 0.875 bits per heavy atom. The maximum absolute atomic E-state index is 2.49. The summed E-state index contributed by atoms with van der Waals surface area (Å²) in [5.41, 5.74) is 0.145. The lowest BCUT2D eigenvalue weighted by Gasteiger charge is -2.48. The van der Waals surface area contributed by atoms with E-state index in [2.05, 4.69) is 88.8 Å². The molecule has 4 nitrogen and oxygen atoms in total. The van der Waals surface area contributed by atoms with Gasteiger partial charge in [0.15, 0.2) is 0 Å². The molecule has 0 aromatic rings. The van der Waals surface area contributed by atoms with Crippen LogP contribution < -0.4 is 0 Å². The Balaban J connectivity index is 5.54. The smallest absolute Gasteiger partial charge is 0.139 e. The second-order valence-corrected chi connectivity index (χ2v) is 9.85. The summed E-state index contributed by atoms with van der Waals surface area (Å²) in [6, 6.07) is 0. The van der Waals surface area contributed by atoms with Crippen LogP contribution in [0, 0.1) is 0 Å². The molecule has 0 saturated carbocycles. The maximum Gasteiger partial charge on any atom is 0.307 e. The minimum absolute atomic E-state index is 0.145. The normalized spacial score (nSPS) is 14.6. The fraction of sp³-hybridized carbons (Fsp3) is 1.00. The average molecular weight is 249 g/mol. The Labute approximate surface area is 103 Å². The summed E-state index contributed by atoms with van der Waals surface area (Å²) >= 11 is 0. The van der Waals surface area contributed by atoms with Crippen LogP contribution in [-0.4, -0.2) is 73.6 Å². The van der Waals surface area contributed by atoms with Gasteiger partial charge in [-0.2, -0.15) is 0 Å². The molecule has 0 aromatic heterocycles. The Hall–Kier alpha value is 0.270. The van der Waals surface area contributed by atoms with Crippen molar-refractivity contribution in [2.45, 2.75) is 26.3 Å². The first-order valence-corrected chi connectivity index (χ1v) is 7.25. The third-order valence-corrected chi connectivity index (χ3v) is 7.61. The molecule has 0 bridgehead atoms. The topological polar surface area (TPSA) is 13.0 Å². The second kappa shape index (κ2) is 5.28. The zero-order chi connectivity index (χ0) is 13.3. The SMILES string of the molecule is CN(C)[P+](N(C)C)(N(C)C)N(C)C(C)(C)C. The average Bonchev–Trinajstić information content (AvgIpc) is 2.00. The van der Waals surface area contributed by atoms with Gasteiger partial charge in [0.25, 0.3) is 0 Å². The van der Waals surface area contributed by atoms with Crippen LogP contribution in [0.15, 0.2) is 0 Å². The van der Waals surface area contributed by atoms with Crippen LogP contribution in [-0.2, 0) is 0 Å². The van der Waals surface area contributed by atoms with Gasteiger partial charge >= 0.3 is 7.87 Å². The van der Waals surface area contributed by atoms with E-state index in [4.69, 9.17) is 0 Å². The van der Waals surface area contributed by atoms with Gasteiger partial charge in [-0.3, -0.25) is 0 Å². The van der Waals surface area contributed by atoms with Crippen LogP contribution in [0.3, 0.4) is 0 Å². The highest BCUT2D eigenvalue weighted by Crippen LogP contribution is 2.67. The predicted octanol–water partition coefficient (Wildman–Crippen LogP) is 2.08. The molecule has 0 heterocycles. The molecule has 0 aromatic carbocycles. The summed E-state index contributed by atoms with van der Waals surface area (Å²) in [5, 5.41) is 0. The van der Waals surface area contributed by atoms with Crippen LogP contribution in [0.2, 0.25) is 0 Å². The highest BCUT2D eigenvalue weighted by Gasteiger charge is 2.55. The highest BCUT2D eigenvalue weighted by atomic mass is 31.2. The van der Waals surface area contributed by atoms with Gasteiger partial charge in [0, 0.05) is 49.3 Å². The minimum atomic E-state index is -1.59. The Morgan fingerprint density at radius 1 is 0.625 bits per heavy atom. The van der Waals surface area contributed by atoms with Gasteiger partial charge in [0.1, 0.15) is 0 Å². The molecule has 0 fully saturated rings. The van der Waals surface area contributed by atoms with Crippen molar-refractivity contribution < 1.29 is 0 Å². The summed E-state index contributed by atoms with van der Waals surface area (Å²) in [6.45, 7) is 6.79. The molecule has 0 spiro atoms. The Morgan fingerprint density at radius 3 is 0.938 bits per heavy atom. The van der Waals surface area contributed by atoms with Gasteiger partial charge in [0.05, 0.1) is 5.54 Å². The zero-order valence-electron chi connectivity index (χ0n) is 12.7. The van der Waals surface area contributed by atoms with E-state index in [1.165, 1.54) is 0 Å². The van der Waals surface area contributed by atoms with Crippen molar-refractivity contribution in [3.8, 4) is 0 Å². The van der Waals surface area contributed by atoms with Gasteiger partial charge in [-0.15, -0.1) is 18.7 Å². The van der Waals surface area contributed by atoms with Crippen LogP contribution >= 0.6 is 7.87 Å². The van der Waals surface area contributed by atoms with Crippen LogP contribution in [0.4, 0.5) is 0 Å². The molecule has 5 heteroatoms. The van der Waals surface area contributed by atoms with Crippen LogP contribution in [0.1, 0.15) is 20.8 Å². The number of hydrogen-bond acceptors (Lipinski definition) is 4. The van der Waals surface area contributed by atoms with Gasteiger partial charge in [-0.05, 0) is 20.8 Å². The molecule has 98 valence electrons. The Kier molecular flexibility index (Phi) is 5.37. The Bertz CT molecular complexity index is 199. The third-order valence-electron chi connectivity index (χ3n) is 2.98. The van der Waals surface area contributed by atoms with Crippen molar-refractivity contribution in [3.63, 3.8) is 0 Å². The van der Waals surface area contributed by atoms with E-state index in [1.807, 2.05) is 0 Å². The summed E-state index contributed by atoms with van der Waals surface area (Å²) in [7, 11) is 13.6. The number of nitrogens with zero attached hydrogens (tertiary/aromatic N) is 4. The number of rotatable bonds is 4. The summed E-state index contributed by atoms with van der Waals surface area (Å²) in [6.07, 6.45) is 0. The monoisotopic (exact) mass is 249 g/mol. The molecular formula is C11H30N4P+. The predicted molar refractivity (Wildman–Crippen MR) is 75.5 cm³/mol. The molecule has 0 atom stereocenters. The molecule has 0 N–H and O–H groups in total. The molecule has 0 aliphatic rings. The second-order valence-electron chi connectivity index (χ2n) is 5.77. The van der Waals surface area contributed by atoms with Crippen molar-refractivity contribution in [2.24, 2.45) is 0 Å². The molecule has 0 aliphatic heterocycles. The van der Waals surface area contributed by atoms with Crippen molar-refractivity contribution in [2.75, 3.05) is 49.3 Å². The molecule has 0 unspecified atom stereocenters. The van der Waals surface area contributed by atoms with E-state index in [0.717, 1.165) is 0 Å². The van der Waals surface area contributed by atoms with Gasteiger partial charge < -0.3 is 0 Å². The summed E-state index contributed by atoms with van der Waals surface area (Å²) in [5.74, 6) is 0. The first-order chi connectivity index (χ1) is 6.98.